The minimum atomic E-state index is 0.294. The third-order valence-corrected chi connectivity index (χ3v) is 2.91. The predicted molar refractivity (Wildman–Crippen MR) is 66.9 cm³/mol. The maximum absolute atomic E-state index is 5.50. The molecular formula is C10H20N4OS. The van der Waals surface area contributed by atoms with E-state index in [1.165, 1.54) is 11.5 Å². The van der Waals surface area contributed by atoms with Gasteiger partial charge in [-0.15, -0.1) is 5.10 Å². The minimum Gasteiger partial charge on any atom is -0.377 e. The maximum atomic E-state index is 5.50. The Balaban J connectivity index is 2.31. The van der Waals surface area contributed by atoms with Gasteiger partial charge in [-0.1, -0.05) is 4.49 Å². The fraction of sp³-hybridized carbons (Fsp3) is 0.800. The summed E-state index contributed by atoms with van der Waals surface area (Å²) in [4.78, 5) is 2.18. The molecule has 1 rings (SSSR count). The highest BCUT2D eigenvalue weighted by molar-refractivity contribution is 7.10. The van der Waals surface area contributed by atoms with Gasteiger partial charge >= 0.3 is 0 Å². The monoisotopic (exact) mass is 244 g/mol. The molecule has 0 saturated carbocycles. The lowest BCUT2D eigenvalue weighted by atomic mass is 10.4. The molecule has 1 aromatic rings. The van der Waals surface area contributed by atoms with Gasteiger partial charge in [-0.3, -0.25) is 4.90 Å². The van der Waals surface area contributed by atoms with Crippen LogP contribution < -0.4 is 5.32 Å². The number of hydrogen-bond donors (Lipinski definition) is 1. The number of aromatic nitrogens is 2. The number of ether oxygens (including phenoxy) is 1. The van der Waals surface area contributed by atoms with Crippen LogP contribution in [0.15, 0.2) is 0 Å². The molecule has 0 unspecified atom stereocenters. The molecule has 0 radical (unpaired) electrons. The average Bonchev–Trinajstić information content (AvgIpc) is 2.64. The number of anilines is 1. The lowest BCUT2D eigenvalue weighted by molar-refractivity contribution is 0.0625. The van der Waals surface area contributed by atoms with E-state index in [1.54, 1.807) is 0 Å². The number of likely N-dealkylation sites (N-methyl/N-ethyl adjacent to an activating group) is 1. The third-order valence-electron chi connectivity index (χ3n) is 2.13. The quantitative estimate of drug-likeness (QED) is 0.786. The van der Waals surface area contributed by atoms with Gasteiger partial charge < -0.3 is 10.1 Å². The van der Waals surface area contributed by atoms with Crippen molar-refractivity contribution >= 4 is 16.5 Å². The summed E-state index contributed by atoms with van der Waals surface area (Å²) in [6, 6.07) is 0. The van der Waals surface area contributed by atoms with Gasteiger partial charge in [0.1, 0.15) is 10.7 Å². The molecule has 6 heteroatoms. The van der Waals surface area contributed by atoms with Crippen molar-refractivity contribution in [3.63, 3.8) is 0 Å². The zero-order valence-electron chi connectivity index (χ0n) is 10.4. The van der Waals surface area contributed by atoms with Crippen LogP contribution in [-0.4, -0.2) is 47.8 Å². The summed E-state index contributed by atoms with van der Waals surface area (Å²) in [6.45, 7) is 6.54. The van der Waals surface area contributed by atoms with Crippen LogP contribution in [0.4, 0.5) is 5.00 Å². The molecule has 0 spiro atoms. The van der Waals surface area contributed by atoms with Gasteiger partial charge in [0, 0.05) is 31.7 Å². The van der Waals surface area contributed by atoms with Crippen molar-refractivity contribution in [3.8, 4) is 0 Å². The number of nitrogens with one attached hydrogen (secondary N) is 1. The topological polar surface area (TPSA) is 50.3 Å². The van der Waals surface area contributed by atoms with E-state index in [1.807, 2.05) is 20.9 Å². The average molecular weight is 244 g/mol. The zero-order valence-corrected chi connectivity index (χ0v) is 11.2. The van der Waals surface area contributed by atoms with Gasteiger partial charge in [-0.2, -0.15) is 0 Å². The first-order chi connectivity index (χ1) is 7.63. The van der Waals surface area contributed by atoms with E-state index >= 15 is 0 Å². The first-order valence-electron chi connectivity index (χ1n) is 5.42. The Bertz CT molecular complexity index is 303. The molecule has 0 aliphatic heterocycles. The molecule has 92 valence electrons. The van der Waals surface area contributed by atoms with E-state index in [0.717, 1.165) is 30.4 Å². The summed E-state index contributed by atoms with van der Waals surface area (Å²) < 4.78 is 9.42. The fourth-order valence-corrected chi connectivity index (χ4v) is 1.80. The van der Waals surface area contributed by atoms with Crippen molar-refractivity contribution in [3.05, 3.63) is 5.69 Å². The second-order valence-corrected chi connectivity index (χ2v) is 4.71. The summed E-state index contributed by atoms with van der Waals surface area (Å²) in [6.07, 6.45) is 0.294. The first-order valence-corrected chi connectivity index (χ1v) is 6.20. The molecule has 0 fully saturated rings. The second kappa shape index (κ2) is 6.78. The minimum absolute atomic E-state index is 0.294. The molecule has 16 heavy (non-hydrogen) atoms. The molecule has 0 aromatic carbocycles. The highest BCUT2D eigenvalue weighted by atomic mass is 32.1. The molecule has 0 aliphatic rings. The number of hydrogen-bond acceptors (Lipinski definition) is 6. The van der Waals surface area contributed by atoms with Gasteiger partial charge in [-0.25, -0.2) is 0 Å². The molecular weight excluding hydrogens is 224 g/mol. The summed E-state index contributed by atoms with van der Waals surface area (Å²) >= 11 is 1.39. The van der Waals surface area contributed by atoms with Crippen LogP contribution in [0.3, 0.4) is 0 Å². The normalized spacial score (nSPS) is 11.4. The smallest absolute Gasteiger partial charge is 0.134 e. The van der Waals surface area contributed by atoms with Crippen LogP contribution in [0, 0.1) is 0 Å². The summed E-state index contributed by atoms with van der Waals surface area (Å²) in [5, 5.41) is 8.22. The van der Waals surface area contributed by atoms with E-state index in [-0.39, 0.29) is 0 Å². The van der Waals surface area contributed by atoms with Crippen molar-refractivity contribution < 1.29 is 4.74 Å². The molecule has 0 aliphatic carbocycles. The molecule has 0 bridgehead atoms. The van der Waals surface area contributed by atoms with Crippen molar-refractivity contribution in [1.29, 1.82) is 0 Å². The van der Waals surface area contributed by atoms with Crippen molar-refractivity contribution in [2.45, 2.75) is 26.5 Å². The molecule has 0 amide bonds. The van der Waals surface area contributed by atoms with Crippen LogP contribution in [0.1, 0.15) is 19.5 Å². The van der Waals surface area contributed by atoms with Gasteiger partial charge in [0.2, 0.25) is 0 Å². The van der Waals surface area contributed by atoms with Crippen molar-refractivity contribution in [1.82, 2.24) is 14.5 Å². The lowest BCUT2D eigenvalue weighted by Crippen LogP contribution is -2.24. The first kappa shape index (κ1) is 13.3. The fourth-order valence-electron chi connectivity index (χ4n) is 1.28. The van der Waals surface area contributed by atoms with E-state index in [2.05, 4.69) is 26.9 Å². The Morgan fingerprint density at radius 2 is 2.25 bits per heavy atom. The van der Waals surface area contributed by atoms with Crippen LogP contribution in [0.2, 0.25) is 0 Å². The Labute approximate surface area is 101 Å². The Morgan fingerprint density at radius 1 is 1.50 bits per heavy atom. The highest BCUT2D eigenvalue weighted by Gasteiger charge is 2.09. The van der Waals surface area contributed by atoms with E-state index in [4.69, 9.17) is 4.74 Å². The van der Waals surface area contributed by atoms with E-state index in [0.29, 0.717) is 6.10 Å². The lowest BCUT2D eigenvalue weighted by Gasteiger charge is -2.16. The largest absolute Gasteiger partial charge is 0.377 e. The Kier molecular flexibility index (Phi) is 5.65. The zero-order chi connectivity index (χ0) is 12.0. The molecule has 1 heterocycles. The third kappa shape index (κ3) is 4.42. The summed E-state index contributed by atoms with van der Waals surface area (Å²) in [5.41, 5.74) is 1.000. The van der Waals surface area contributed by atoms with Crippen molar-refractivity contribution in [2.75, 3.05) is 32.6 Å². The summed E-state index contributed by atoms with van der Waals surface area (Å²) in [7, 11) is 3.95. The standard InChI is InChI=1S/C10H20N4OS/c1-8(2)15-6-5-14(4)7-9-10(11-3)16-13-12-9/h8,11H,5-7H2,1-4H3. The number of nitrogens with zero attached hydrogens (tertiary/aromatic N) is 3. The SMILES string of the molecule is CNc1snnc1CN(C)CCOC(C)C. The molecule has 1 aromatic heterocycles. The second-order valence-electron chi connectivity index (χ2n) is 3.96. The Morgan fingerprint density at radius 3 is 2.88 bits per heavy atom. The van der Waals surface area contributed by atoms with Gasteiger partial charge in [0.05, 0.1) is 12.7 Å². The number of rotatable bonds is 7. The summed E-state index contributed by atoms with van der Waals surface area (Å²) in [5.74, 6) is 0. The maximum Gasteiger partial charge on any atom is 0.134 e. The van der Waals surface area contributed by atoms with Crippen LogP contribution >= 0.6 is 11.5 Å². The van der Waals surface area contributed by atoms with Gasteiger partial charge in [0.15, 0.2) is 0 Å². The van der Waals surface area contributed by atoms with E-state index < -0.39 is 0 Å². The van der Waals surface area contributed by atoms with Crippen molar-refractivity contribution in [2.24, 2.45) is 0 Å². The highest BCUT2D eigenvalue weighted by Crippen LogP contribution is 2.17. The van der Waals surface area contributed by atoms with Crippen LogP contribution in [0.25, 0.3) is 0 Å². The molecule has 0 saturated heterocycles. The molecule has 5 nitrogen and oxygen atoms in total. The van der Waals surface area contributed by atoms with Crippen LogP contribution in [0.5, 0.6) is 0 Å². The Hall–Kier alpha value is -0.720. The van der Waals surface area contributed by atoms with Crippen LogP contribution in [-0.2, 0) is 11.3 Å². The van der Waals surface area contributed by atoms with Gasteiger partial charge in [-0.05, 0) is 20.9 Å². The van der Waals surface area contributed by atoms with E-state index in [9.17, 15) is 0 Å². The molecule has 0 atom stereocenters. The van der Waals surface area contributed by atoms with Gasteiger partial charge in [0.25, 0.3) is 0 Å². The molecule has 1 N–H and O–H groups in total. The predicted octanol–water partition coefficient (Wildman–Crippen LogP) is 1.44.